The summed E-state index contributed by atoms with van der Waals surface area (Å²) < 4.78 is 24.2. The summed E-state index contributed by atoms with van der Waals surface area (Å²) in [6.07, 6.45) is 2.21. The molecule has 0 radical (unpaired) electrons. The Morgan fingerprint density at radius 3 is 2.86 bits per heavy atom. The highest BCUT2D eigenvalue weighted by molar-refractivity contribution is 5.59. The largest absolute Gasteiger partial charge is 0.497 e. The van der Waals surface area contributed by atoms with Crippen molar-refractivity contribution in [1.82, 2.24) is 14.9 Å². The molecule has 0 fully saturated rings. The first-order valence-electron chi connectivity index (χ1n) is 9.70. The number of aromatic nitrogens is 2. The van der Waals surface area contributed by atoms with E-state index in [2.05, 4.69) is 22.1 Å². The standard InChI is InChI=1S/C22H23N3O4/c1-26-17-5-3-16(4-6-17)19-12-25-11-18(27-13-22(25)24-19)10-23-9-15-2-7-20-21(8-15)29-14-28-20/h2-8,12,18,23H,9-11,13-14H2,1H3/t18-/m0/s1. The number of nitrogens with zero attached hydrogens (tertiary/aromatic N) is 2. The Labute approximate surface area is 169 Å². The molecule has 0 spiro atoms. The van der Waals surface area contributed by atoms with Crippen LogP contribution in [0.2, 0.25) is 0 Å². The molecular formula is C22H23N3O4. The molecule has 0 amide bonds. The summed E-state index contributed by atoms with van der Waals surface area (Å²) in [4.78, 5) is 4.72. The third kappa shape index (κ3) is 3.79. The normalized spacial score (nSPS) is 17.2. The Hall–Kier alpha value is -3.03. The first-order chi connectivity index (χ1) is 14.3. The van der Waals surface area contributed by atoms with Gasteiger partial charge in [-0.1, -0.05) is 6.07 Å². The van der Waals surface area contributed by atoms with Crippen molar-refractivity contribution in [2.24, 2.45) is 0 Å². The van der Waals surface area contributed by atoms with Gasteiger partial charge in [-0.3, -0.25) is 0 Å². The number of ether oxygens (including phenoxy) is 4. The van der Waals surface area contributed by atoms with Crippen LogP contribution in [0.1, 0.15) is 11.4 Å². The van der Waals surface area contributed by atoms with Crippen LogP contribution >= 0.6 is 0 Å². The van der Waals surface area contributed by atoms with E-state index >= 15 is 0 Å². The number of fused-ring (bicyclic) bond motifs is 2. The second-order valence-electron chi connectivity index (χ2n) is 7.17. The van der Waals surface area contributed by atoms with Crippen molar-refractivity contribution >= 4 is 0 Å². The molecule has 3 heterocycles. The van der Waals surface area contributed by atoms with E-state index in [0.29, 0.717) is 13.4 Å². The number of rotatable bonds is 6. The SMILES string of the molecule is COc1ccc(-c2cn3c(n2)CO[C@@H](CNCc2ccc4c(c2)OCO4)C3)cc1. The number of methoxy groups -OCH3 is 1. The first-order valence-corrected chi connectivity index (χ1v) is 9.70. The maximum atomic E-state index is 5.99. The van der Waals surface area contributed by atoms with Gasteiger partial charge in [0.05, 0.1) is 25.5 Å². The fourth-order valence-corrected chi connectivity index (χ4v) is 3.64. The summed E-state index contributed by atoms with van der Waals surface area (Å²) in [5.41, 5.74) is 3.19. The van der Waals surface area contributed by atoms with Crippen molar-refractivity contribution in [3.8, 4) is 28.5 Å². The molecule has 0 bridgehead atoms. The number of hydrogen-bond donors (Lipinski definition) is 1. The minimum absolute atomic E-state index is 0.106. The van der Waals surface area contributed by atoms with Crippen LogP contribution in [0.5, 0.6) is 17.2 Å². The molecule has 0 aliphatic carbocycles. The van der Waals surface area contributed by atoms with Gasteiger partial charge in [0.25, 0.3) is 0 Å². The quantitative estimate of drug-likeness (QED) is 0.695. The molecule has 150 valence electrons. The van der Waals surface area contributed by atoms with Crippen LogP contribution in [0.15, 0.2) is 48.7 Å². The van der Waals surface area contributed by atoms with Gasteiger partial charge in [0.15, 0.2) is 11.5 Å². The molecule has 0 saturated carbocycles. The van der Waals surface area contributed by atoms with Crippen molar-refractivity contribution in [1.29, 1.82) is 0 Å². The van der Waals surface area contributed by atoms with Crippen molar-refractivity contribution < 1.29 is 18.9 Å². The van der Waals surface area contributed by atoms with Crippen molar-refractivity contribution in [2.45, 2.75) is 25.8 Å². The predicted molar refractivity (Wildman–Crippen MR) is 107 cm³/mol. The number of benzene rings is 2. The molecule has 1 atom stereocenters. The third-order valence-electron chi connectivity index (χ3n) is 5.23. The van der Waals surface area contributed by atoms with Crippen LogP contribution in [0, 0.1) is 0 Å². The zero-order valence-corrected chi connectivity index (χ0v) is 16.3. The molecule has 7 heteroatoms. The molecule has 0 unspecified atom stereocenters. The average Bonchev–Trinajstić information content (AvgIpc) is 3.40. The Kier molecular flexibility index (Phi) is 4.83. The van der Waals surface area contributed by atoms with E-state index in [-0.39, 0.29) is 6.10 Å². The fourth-order valence-electron chi connectivity index (χ4n) is 3.64. The Morgan fingerprint density at radius 1 is 1.14 bits per heavy atom. The van der Waals surface area contributed by atoms with Crippen LogP contribution in [-0.2, 0) is 24.4 Å². The number of hydrogen-bond acceptors (Lipinski definition) is 6. The molecular weight excluding hydrogens is 370 g/mol. The Morgan fingerprint density at radius 2 is 2.00 bits per heavy atom. The molecule has 1 N–H and O–H groups in total. The summed E-state index contributed by atoms with van der Waals surface area (Å²) in [6, 6.07) is 14.0. The van der Waals surface area contributed by atoms with Crippen molar-refractivity contribution in [3.05, 3.63) is 60.0 Å². The van der Waals surface area contributed by atoms with Gasteiger partial charge in [-0.25, -0.2) is 4.98 Å². The summed E-state index contributed by atoms with van der Waals surface area (Å²) in [7, 11) is 1.67. The second-order valence-corrected chi connectivity index (χ2v) is 7.17. The van der Waals surface area contributed by atoms with Gasteiger partial charge in [-0.05, 0) is 42.0 Å². The highest BCUT2D eigenvalue weighted by atomic mass is 16.7. The van der Waals surface area contributed by atoms with Crippen LogP contribution < -0.4 is 19.5 Å². The lowest BCUT2D eigenvalue weighted by Gasteiger charge is -2.24. The van der Waals surface area contributed by atoms with Gasteiger partial charge in [0.2, 0.25) is 6.79 Å². The van der Waals surface area contributed by atoms with Gasteiger partial charge >= 0.3 is 0 Å². The maximum absolute atomic E-state index is 5.99. The maximum Gasteiger partial charge on any atom is 0.231 e. The highest BCUT2D eigenvalue weighted by Gasteiger charge is 2.21. The summed E-state index contributed by atoms with van der Waals surface area (Å²) in [5, 5.41) is 3.48. The zero-order chi connectivity index (χ0) is 19.6. The topological polar surface area (TPSA) is 66.8 Å². The third-order valence-corrected chi connectivity index (χ3v) is 5.23. The summed E-state index contributed by atoms with van der Waals surface area (Å²) in [6.45, 7) is 3.13. The zero-order valence-electron chi connectivity index (χ0n) is 16.3. The van der Waals surface area contributed by atoms with Gasteiger partial charge in [0, 0.05) is 24.8 Å². The number of imidazole rings is 1. The van der Waals surface area contributed by atoms with E-state index in [1.54, 1.807) is 7.11 Å². The monoisotopic (exact) mass is 393 g/mol. The Balaban J connectivity index is 1.18. The van der Waals surface area contributed by atoms with Gasteiger partial charge < -0.3 is 28.8 Å². The molecule has 29 heavy (non-hydrogen) atoms. The molecule has 1 aromatic heterocycles. The fraction of sp³-hybridized carbons (Fsp3) is 0.318. The van der Waals surface area contributed by atoms with Gasteiger partial charge in [0.1, 0.15) is 18.2 Å². The van der Waals surface area contributed by atoms with E-state index in [1.807, 2.05) is 36.4 Å². The molecule has 2 aliphatic rings. The van der Waals surface area contributed by atoms with Crippen molar-refractivity contribution in [2.75, 3.05) is 20.4 Å². The van der Waals surface area contributed by atoms with Gasteiger partial charge in [-0.2, -0.15) is 0 Å². The van der Waals surface area contributed by atoms with Crippen LogP contribution in [0.25, 0.3) is 11.3 Å². The van der Waals surface area contributed by atoms with E-state index in [0.717, 1.165) is 59.5 Å². The molecule has 2 aromatic carbocycles. The van der Waals surface area contributed by atoms with E-state index in [9.17, 15) is 0 Å². The van der Waals surface area contributed by atoms with E-state index < -0.39 is 0 Å². The van der Waals surface area contributed by atoms with E-state index in [1.165, 1.54) is 0 Å². The lowest BCUT2D eigenvalue weighted by molar-refractivity contribution is 0.00278. The summed E-state index contributed by atoms with van der Waals surface area (Å²) >= 11 is 0. The van der Waals surface area contributed by atoms with E-state index in [4.69, 9.17) is 23.9 Å². The lowest BCUT2D eigenvalue weighted by Crippen LogP contribution is -2.35. The molecule has 3 aromatic rings. The molecule has 5 rings (SSSR count). The first kappa shape index (κ1) is 18.0. The Bertz CT molecular complexity index is 1000. The van der Waals surface area contributed by atoms with Gasteiger partial charge in [-0.15, -0.1) is 0 Å². The predicted octanol–water partition coefficient (Wildman–Crippen LogP) is 2.98. The lowest BCUT2D eigenvalue weighted by atomic mass is 10.1. The van der Waals surface area contributed by atoms with Crippen LogP contribution in [0.3, 0.4) is 0 Å². The molecule has 2 aliphatic heterocycles. The minimum Gasteiger partial charge on any atom is -0.497 e. The second kappa shape index (κ2) is 7.77. The molecule has 0 saturated heterocycles. The van der Waals surface area contributed by atoms with Crippen LogP contribution in [0.4, 0.5) is 0 Å². The average molecular weight is 393 g/mol. The van der Waals surface area contributed by atoms with Crippen LogP contribution in [-0.4, -0.2) is 36.1 Å². The number of nitrogens with one attached hydrogen (secondary N) is 1. The molecule has 7 nitrogen and oxygen atoms in total. The van der Waals surface area contributed by atoms with Crippen molar-refractivity contribution in [3.63, 3.8) is 0 Å². The highest BCUT2D eigenvalue weighted by Crippen LogP contribution is 2.32. The minimum atomic E-state index is 0.106. The smallest absolute Gasteiger partial charge is 0.231 e. The summed E-state index contributed by atoms with van der Waals surface area (Å²) in [5.74, 6) is 3.43.